The molecule has 0 rings (SSSR count). The monoisotopic (exact) mass is 462 g/mol. The van der Waals surface area contributed by atoms with Crippen molar-refractivity contribution in [3.05, 3.63) is 34.9 Å². The van der Waals surface area contributed by atoms with Crippen LogP contribution in [0.25, 0.3) is 0 Å². The summed E-state index contributed by atoms with van der Waals surface area (Å²) in [7, 11) is -1.62. The Bertz CT molecular complexity index is 453. The molecule has 0 unspecified atom stereocenters. The molecule has 3 heteroatoms. The lowest BCUT2D eigenvalue weighted by Crippen LogP contribution is -2.41. The molecule has 0 heterocycles. The van der Waals surface area contributed by atoms with E-state index in [4.69, 9.17) is 4.43 Å². The second kappa shape index (κ2) is 11.7. The summed E-state index contributed by atoms with van der Waals surface area (Å²) in [6.45, 7) is 19.0. The molecule has 0 aliphatic carbocycles. The summed E-state index contributed by atoms with van der Waals surface area (Å²) in [4.78, 5) is 0. The lowest BCUT2D eigenvalue weighted by atomic mass is 10.1. The summed E-state index contributed by atoms with van der Waals surface area (Å²) in [5.74, 6) is 0. The fraction of sp³-hybridized carbons (Fsp3) is 0.714. The second-order valence-corrected chi connectivity index (χ2v) is 14.1. The van der Waals surface area contributed by atoms with Crippen molar-refractivity contribution >= 4 is 30.9 Å². The molecule has 0 N–H and O–H groups in total. The van der Waals surface area contributed by atoms with Crippen LogP contribution in [0.5, 0.6) is 0 Å². The Hall–Kier alpha value is 0.127. The summed E-state index contributed by atoms with van der Waals surface area (Å²) in [5.41, 5.74) is 4.38. The van der Waals surface area contributed by atoms with Crippen molar-refractivity contribution in [1.82, 2.24) is 0 Å². The van der Waals surface area contributed by atoms with Crippen LogP contribution in [0.2, 0.25) is 18.1 Å². The third-order valence-corrected chi connectivity index (χ3v) is 9.87. The number of hydrogen-bond acceptors (Lipinski definition) is 1. The number of rotatable bonds is 10. The second-order valence-electron chi connectivity index (χ2n) is 8.43. The van der Waals surface area contributed by atoms with Crippen LogP contribution < -0.4 is 0 Å². The van der Waals surface area contributed by atoms with Crippen molar-refractivity contribution in [2.75, 3.05) is 11.0 Å². The van der Waals surface area contributed by atoms with Gasteiger partial charge >= 0.3 is 0 Å². The molecule has 0 saturated carbocycles. The van der Waals surface area contributed by atoms with Gasteiger partial charge in [-0.05, 0) is 64.6 Å². The molecule has 0 saturated heterocycles. The Morgan fingerprint density at radius 1 is 0.875 bits per heavy atom. The zero-order valence-electron chi connectivity index (χ0n) is 17.3. The average molecular weight is 463 g/mol. The topological polar surface area (TPSA) is 9.23 Å². The van der Waals surface area contributed by atoms with Crippen molar-refractivity contribution in [1.29, 1.82) is 0 Å². The summed E-state index contributed by atoms with van der Waals surface area (Å²) < 4.78 is 7.39. The Kier molecular flexibility index (Phi) is 11.7. The zero-order chi connectivity index (χ0) is 18.8. The van der Waals surface area contributed by atoms with Crippen molar-refractivity contribution in [3.8, 4) is 0 Å². The molecule has 24 heavy (non-hydrogen) atoms. The summed E-state index contributed by atoms with van der Waals surface area (Å²) in [6, 6.07) is 0. The van der Waals surface area contributed by atoms with Gasteiger partial charge in [0.1, 0.15) is 0 Å². The molecule has 0 aliphatic rings. The van der Waals surface area contributed by atoms with Crippen LogP contribution in [0.3, 0.4) is 0 Å². The van der Waals surface area contributed by atoms with Crippen LogP contribution in [0, 0.1) is 0 Å². The van der Waals surface area contributed by atoms with Gasteiger partial charge in [0.2, 0.25) is 0 Å². The van der Waals surface area contributed by atoms with E-state index in [0.717, 1.165) is 23.9 Å². The number of hydrogen-bond donors (Lipinski definition) is 0. The lowest BCUT2D eigenvalue weighted by molar-refractivity contribution is 0.318. The van der Waals surface area contributed by atoms with Gasteiger partial charge in [0.15, 0.2) is 8.32 Å². The fourth-order valence-electron chi connectivity index (χ4n) is 2.00. The van der Waals surface area contributed by atoms with Crippen molar-refractivity contribution < 1.29 is 4.43 Å². The summed E-state index contributed by atoms with van der Waals surface area (Å²) in [5, 5.41) is 0.288. The van der Waals surface area contributed by atoms with E-state index in [1.165, 1.54) is 29.6 Å². The van der Waals surface area contributed by atoms with E-state index in [1.807, 2.05) is 0 Å². The van der Waals surface area contributed by atoms with Gasteiger partial charge in [-0.3, -0.25) is 0 Å². The Labute approximate surface area is 166 Å². The van der Waals surface area contributed by atoms with Gasteiger partial charge in [0.05, 0.1) is 6.61 Å². The quantitative estimate of drug-likeness (QED) is 0.139. The highest BCUT2D eigenvalue weighted by molar-refractivity contribution is 14.1. The molecule has 140 valence electrons. The standard InChI is InChI=1S/C21H39IOSi/c1-18(11-9-13-19(2)15-16-22)12-10-14-20(3)17-23-24(7,8)21(4,5)6/h11,14-15H,9-10,12-13,16-17H2,1-8H3/b18-11+,19-15+,20-14+. The molecular weight excluding hydrogens is 423 g/mol. The fourth-order valence-corrected chi connectivity index (χ4v) is 3.77. The third kappa shape index (κ3) is 10.9. The van der Waals surface area contributed by atoms with Crippen LogP contribution in [0.15, 0.2) is 34.9 Å². The molecule has 0 fully saturated rings. The zero-order valence-corrected chi connectivity index (χ0v) is 20.4. The minimum Gasteiger partial charge on any atom is -0.413 e. The maximum atomic E-state index is 6.28. The molecule has 0 atom stereocenters. The first kappa shape index (κ1) is 24.1. The maximum Gasteiger partial charge on any atom is 0.192 e. The molecule has 0 aliphatic heterocycles. The van der Waals surface area contributed by atoms with E-state index in [-0.39, 0.29) is 5.04 Å². The van der Waals surface area contributed by atoms with Gasteiger partial charge in [0.25, 0.3) is 0 Å². The number of halogens is 1. The van der Waals surface area contributed by atoms with Gasteiger partial charge in [-0.2, -0.15) is 0 Å². The van der Waals surface area contributed by atoms with Gasteiger partial charge in [0, 0.05) is 4.43 Å². The minimum absolute atomic E-state index is 0.288. The normalized spacial score (nSPS) is 15.1. The maximum absolute atomic E-state index is 6.28. The Morgan fingerprint density at radius 3 is 1.79 bits per heavy atom. The molecule has 0 aromatic heterocycles. The smallest absolute Gasteiger partial charge is 0.192 e. The SMILES string of the molecule is C/C(=C\CI)CC/C=C(\C)CC/C=C(\C)CO[Si](C)(C)C(C)(C)C. The van der Waals surface area contributed by atoms with E-state index < -0.39 is 8.32 Å². The van der Waals surface area contributed by atoms with Crippen molar-refractivity contribution in [2.24, 2.45) is 0 Å². The van der Waals surface area contributed by atoms with Crippen LogP contribution in [-0.4, -0.2) is 19.4 Å². The van der Waals surface area contributed by atoms with Crippen LogP contribution in [0.4, 0.5) is 0 Å². The first-order valence-electron chi connectivity index (χ1n) is 9.16. The Morgan fingerprint density at radius 2 is 1.33 bits per heavy atom. The number of alkyl halides is 1. The van der Waals surface area contributed by atoms with Crippen molar-refractivity contribution in [2.45, 2.75) is 85.4 Å². The van der Waals surface area contributed by atoms with E-state index >= 15 is 0 Å². The predicted molar refractivity (Wildman–Crippen MR) is 122 cm³/mol. The van der Waals surface area contributed by atoms with E-state index in [2.05, 4.69) is 95.5 Å². The van der Waals surface area contributed by atoms with E-state index in [9.17, 15) is 0 Å². The minimum atomic E-state index is -1.62. The molecule has 0 radical (unpaired) electrons. The first-order valence-corrected chi connectivity index (χ1v) is 13.6. The lowest BCUT2D eigenvalue weighted by Gasteiger charge is -2.36. The van der Waals surface area contributed by atoms with Gasteiger partial charge < -0.3 is 4.43 Å². The highest BCUT2D eigenvalue weighted by Crippen LogP contribution is 2.36. The first-order chi connectivity index (χ1) is 11.0. The average Bonchev–Trinajstić information content (AvgIpc) is 2.44. The van der Waals surface area contributed by atoms with E-state index in [1.54, 1.807) is 0 Å². The van der Waals surface area contributed by atoms with Crippen molar-refractivity contribution in [3.63, 3.8) is 0 Å². The molecule has 1 nitrogen and oxygen atoms in total. The van der Waals surface area contributed by atoms with Crippen LogP contribution in [-0.2, 0) is 4.43 Å². The third-order valence-electron chi connectivity index (χ3n) is 4.96. The summed E-state index contributed by atoms with van der Waals surface area (Å²) in [6.07, 6.45) is 11.7. The highest BCUT2D eigenvalue weighted by Gasteiger charge is 2.36. The van der Waals surface area contributed by atoms with Gasteiger partial charge in [-0.1, -0.05) is 78.3 Å². The van der Waals surface area contributed by atoms with Crippen LogP contribution in [0.1, 0.15) is 67.2 Å². The number of allylic oxidation sites excluding steroid dienone is 5. The van der Waals surface area contributed by atoms with E-state index in [0.29, 0.717) is 0 Å². The Balaban J connectivity index is 4.19. The molecule has 0 aromatic rings. The molecule has 0 spiro atoms. The van der Waals surface area contributed by atoms with Gasteiger partial charge in [-0.15, -0.1) is 0 Å². The molecule has 0 bridgehead atoms. The molecular formula is C21H39IOSi. The predicted octanol–water partition coefficient (Wildman–Crippen LogP) is 7.84. The van der Waals surface area contributed by atoms with Crippen LogP contribution >= 0.6 is 22.6 Å². The largest absolute Gasteiger partial charge is 0.413 e. The summed E-state index contributed by atoms with van der Waals surface area (Å²) >= 11 is 2.40. The molecule has 0 aromatic carbocycles. The molecule has 0 amide bonds. The highest BCUT2D eigenvalue weighted by atomic mass is 127. The van der Waals surface area contributed by atoms with Gasteiger partial charge in [-0.25, -0.2) is 0 Å².